The molecule has 0 atom stereocenters. The van der Waals surface area contributed by atoms with E-state index in [-0.39, 0.29) is 18.8 Å². The summed E-state index contributed by atoms with van der Waals surface area (Å²) in [5.74, 6) is 0. The van der Waals surface area contributed by atoms with Crippen molar-refractivity contribution in [2.24, 2.45) is 0 Å². The van der Waals surface area contributed by atoms with Crippen molar-refractivity contribution in [1.29, 1.82) is 0 Å². The Morgan fingerprint density at radius 1 is 0.278 bits per heavy atom. The third-order valence-electron chi connectivity index (χ3n) is 4.14. The van der Waals surface area contributed by atoms with E-state index in [4.69, 9.17) is 0 Å². The van der Waals surface area contributed by atoms with Crippen molar-refractivity contribution >= 4 is 24.3 Å². The molecule has 192 valence electrons. The van der Waals surface area contributed by atoms with Gasteiger partial charge in [0, 0.05) is 0 Å². The van der Waals surface area contributed by atoms with E-state index in [0.717, 1.165) is 0 Å². The fourth-order valence-electron chi connectivity index (χ4n) is 2.36. The minimum absolute atomic E-state index is 0. The molecule has 0 saturated heterocycles. The van der Waals surface area contributed by atoms with Crippen LogP contribution in [-0.2, 0) is 0 Å². The molecule has 0 bridgehead atoms. The number of rotatable bonds is 4. The van der Waals surface area contributed by atoms with E-state index < -0.39 is 0 Å². The van der Waals surface area contributed by atoms with Crippen molar-refractivity contribution in [3.8, 4) is 0 Å². The molecule has 4 aromatic rings. The zero-order valence-electron chi connectivity index (χ0n) is 20.3. The lowest BCUT2D eigenvalue weighted by Crippen LogP contribution is -1.63. The van der Waals surface area contributed by atoms with E-state index >= 15 is 0 Å². The largest absolute Gasteiger partial charge is 0.269 e. The van der Waals surface area contributed by atoms with Crippen LogP contribution in [0.15, 0.2) is 148 Å². The van der Waals surface area contributed by atoms with Crippen molar-refractivity contribution < 1.29 is 18.8 Å². The first-order chi connectivity index (χ1) is 15.7. The number of halogens is 4. The molecule has 0 nitrogen and oxygen atoms in total. The van der Waals surface area contributed by atoms with Crippen LogP contribution in [0.5, 0.6) is 0 Å². The summed E-state index contributed by atoms with van der Waals surface area (Å²) in [7, 11) is 0. The second kappa shape index (κ2) is 26.8. The molecule has 0 aliphatic heterocycles. The highest BCUT2D eigenvalue weighted by molar-refractivity contribution is 5.47. The molecule has 0 N–H and O–H groups in total. The molecule has 0 unspecified atom stereocenters. The van der Waals surface area contributed by atoms with Crippen LogP contribution in [0.25, 0.3) is 24.3 Å². The van der Waals surface area contributed by atoms with Crippen molar-refractivity contribution in [2.75, 3.05) is 0 Å². The first kappa shape index (κ1) is 38.8. The fraction of sp³-hybridized carbons (Fsp3) is 0. The summed E-state index contributed by atoms with van der Waals surface area (Å²) in [5.41, 5.74) is 4.69. The van der Waals surface area contributed by atoms with Gasteiger partial charge >= 0.3 is 0 Å². The van der Waals surface area contributed by atoms with Crippen LogP contribution < -0.4 is 0 Å². The van der Waals surface area contributed by atoms with Gasteiger partial charge in [-0.15, -0.1) is 0 Å². The molecule has 0 heterocycles. The summed E-state index contributed by atoms with van der Waals surface area (Å²) in [6.45, 7) is 14.5. The molecule has 0 aliphatic rings. The summed E-state index contributed by atoms with van der Waals surface area (Å²) in [5, 5.41) is 0. The molecule has 0 radical (unpaired) electrons. The van der Waals surface area contributed by atoms with Crippen LogP contribution >= 0.6 is 0 Å². The Morgan fingerprint density at radius 2 is 0.417 bits per heavy atom. The zero-order valence-corrected chi connectivity index (χ0v) is 20.3. The van der Waals surface area contributed by atoms with Crippen molar-refractivity contribution in [2.45, 2.75) is 0 Å². The monoisotopic (exact) mass is 496 g/mol. The number of hydrogen-bond acceptors (Lipinski definition) is 0. The molecule has 0 amide bonds. The van der Waals surface area contributed by atoms with Crippen molar-refractivity contribution in [3.63, 3.8) is 0 Å². The van der Waals surface area contributed by atoms with Crippen LogP contribution in [0, 0.1) is 0 Å². The van der Waals surface area contributed by atoms with Gasteiger partial charge in [-0.1, -0.05) is 172 Å². The van der Waals surface area contributed by atoms with E-state index in [1.54, 1.807) is 0 Å². The molecule has 0 spiro atoms. The van der Waals surface area contributed by atoms with Gasteiger partial charge in [0.15, 0.2) is 0 Å². The SMILES string of the molecule is C=Cc1ccccc1.C=Cc1ccccc1.C=Cc1ccccc1.C=Cc1ccccc1.F.F.F.F. The lowest BCUT2D eigenvalue weighted by molar-refractivity contribution is 1.11. The Kier molecular flexibility index (Phi) is 28.9. The molecule has 0 aliphatic carbocycles. The van der Waals surface area contributed by atoms with Gasteiger partial charge in [-0.25, -0.2) is 0 Å². The van der Waals surface area contributed by atoms with Gasteiger partial charge in [-0.3, -0.25) is 18.8 Å². The topological polar surface area (TPSA) is 0 Å². The van der Waals surface area contributed by atoms with Gasteiger partial charge in [-0.05, 0) is 22.3 Å². The maximum absolute atomic E-state index is 3.63. The Hall–Kier alpha value is -4.44. The molecule has 4 rings (SSSR count). The van der Waals surface area contributed by atoms with Gasteiger partial charge in [0.05, 0.1) is 0 Å². The normalized spacial score (nSPS) is 7.56. The van der Waals surface area contributed by atoms with E-state index in [1.165, 1.54) is 22.3 Å². The van der Waals surface area contributed by atoms with Crippen LogP contribution in [0.3, 0.4) is 0 Å². The third kappa shape index (κ3) is 19.1. The maximum atomic E-state index is 3.63. The maximum Gasteiger partial charge on any atom is -0.0263 e. The van der Waals surface area contributed by atoms with Gasteiger partial charge < -0.3 is 0 Å². The van der Waals surface area contributed by atoms with E-state index in [1.807, 2.05) is 146 Å². The first-order valence-electron chi connectivity index (χ1n) is 10.4. The minimum Gasteiger partial charge on any atom is -0.269 e. The van der Waals surface area contributed by atoms with Gasteiger partial charge in [0.2, 0.25) is 0 Å². The standard InChI is InChI=1S/4C8H8.4FH/c4*1-2-8-6-4-3-5-7-8;;;;/h4*2-7H,1H2;4*1H. The predicted octanol–water partition coefficient (Wildman–Crippen LogP) is 9.93. The zero-order chi connectivity index (χ0) is 23.3. The summed E-state index contributed by atoms with van der Waals surface area (Å²) in [4.78, 5) is 0. The molecule has 0 aromatic heterocycles. The first-order valence-corrected chi connectivity index (χ1v) is 10.4. The van der Waals surface area contributed by atoms with Crippen LogP contribution in [0.1, 0.15) is 22.3 Å². The Labute approximate surface area is 213 Å². The molecule has 4 aromatic carbocycles. The second-order valence-electron chi connectivity index (χ2n) is 6.46. The van der Waals surface area contributed by atoms with Crippen LogP contribution in [-0.4, -0.2) is 0 Å². The Balaban J connectivity index is -0.000000183. The van der Waals surface area contributed by atoms with Gasteiger partial charge in [0.1, 0.15) is 0 Å². The summed E-state index contributed by atoms with van der Waals surface area (Å²) >= 11 is 0. The third-order valence-corrected chi connectivity index (χ3v) is 4.14. The van der Waals surface area contributed by atoms with Gasteiger partial charge in [0.25, 0.3) is 0 Å². The lowest BCUT2D eigenvalue weighted by Gasteiger charge is -1.85. The van der Waals surface area contributed by atoms with Gasteiger partial charge in [-0.2, -0.15) is 0 Å². The molecule has 36 heavy (non-hydrogen) atoms. The molecule has 0 fully saturated rings. The summed E-state index contributed by atoms with van der Waals surface area (Å²) in [6, 6.07) is 40.1. The van der Waals surface area contributed by atoms with Crippen LogP contribution in [0.4, 0.5) is 18.8 Å². The van der Waals surface area contributed by atoms with Crippen molar-refractivity contribution in [3.05, 3.63) is 170 Å². The smallest absolute Gasteiger partial charge is 0.0263 e. The van der Waals surface area contributed by atoms with E-state index in [0.29, 0.717) is 0 Å². The highest BCUT2D eigenvalue weighted by Gasteiger charge is 1.77. The predicted molar refractivity (Wildman–Crippen MR) is 156 cm³/mol. The second-order valence-corrected chi connectivity index (χ2v) is 6.46. The summed E-state index contributed by atoms with van der Waals surface area (Å²) < 4.78 is 0. The average molecular weight is 497 g/mol. The fourth-order valence-corrected chi connectivity index (χ4v) is 2.36. The highest BCUT2D eigenvalue weighted by Crippen LogP contribution is 1.99. The lowest BCUT2D eigenvalue weighted by atomic mass is 10.2. The number of benzene rings is 4. The molecule has 4 heteroatoms. The van der Waals surface area contributed by atoms with E-state index in [2.05, 4.69) is 26.3 Å². The van der Waals surface area contributed by atoms with Crippen molar-refractivity contribution in [1.82, 2.24) is 0 Å². The summed E-state index contributed by atoms with van der Waals surface area (Å²) in [6.07, 6.45) is 7.33. The number of hydrogen-bond donors (Lipinski definition) is 0. The molecular weight excluding hydrogens is 460 g/mol. The molecular formula is C32H36F4. The Morgan fingerprint density at radius 3 is 0.500 bits per heavy atom. The minimum atomic E-state index is 0. The highest BCUT2D eigenvalue weighted by atomic mass is 19.0. The quantitative estimate of drug-likeness (QED) is 0.247. The average Bonchev–Trinajstić information content (AvgIpc) is 2.91. The van der Waals surface area contributed by atoms with Crippen LogP contribution in [0.2, 0.25) is 0 Å². The Bertz CT molecular complexity index is 843. The van der Waals surface area contributed by atoms with E-state index in [9.17, 15) is 0 Å². The molecule has 0 saturated carbocycles.